The highest BCUT2D eigenvalue weighted by Gasteiger charge is 2.11. The van der Waals surface area contributed by atoms with Crippen molar-refractivity contribution in [2.75, 3.05) is 11.1 Å². The van der Waals surface area contributed by atoms with Gasteiger partial charge in [-0.3, -0.25) is 0 Å². The molecule has 1 aromatic heterocycles. The molecule has 0 amide bonds. The monoisotopic (exact) mass is 251 g/mol. The average Bonchev–Trinajstić information content (AvgIpc) is 2.28. The zero-order chi connectivity index (χ0) is 13.7. The summed E-state index contributed by atoms with van der Waals surface area (Å²) in [4.78, 5) is 15.0. The van der Waals surface area contributed by atoms with E-state index in [1.165, 1.54) is 12.3 Å². The summed E-state index contributed by atoms with van der Waals surface area (Å²) >= 11 is 0. The molecule has 0 aliphatic heterocycles. The average molecular weight is 251 g/mol. The van der Waals surface area contributed by atoms with E-state index in [2.05, 4.69) is 31.1 Å². The summed E-state index contributed by atoms with van der Waals surface area (Å²) in [6, 6.07) is 1.73. The number of nitrogens with zero attached hydrogens (tertiary/aromatic N) is 1. The summed E-state index contributed by atoms with van der Waals surface area (Å²) in [5, 5.41) is 12.2. The Balaban J connectivity index is 2.67. The number of carbonyl (C=O) groups is 1. The largest absolute Gasteiger partial charge is 0.478 e. The molecule has 18 heavy (non-hydrogen) atoms. The van der Waals surface area contributed by atoms with Crippen LogP contribution in [0, 0.1) is 5.92 Å². The molecule has 0 bridgehead atoms. The van der Waals surface area contributed by atoms with E-state index in [1.54, 1.807) is 0 Å². The van der Waals surface area contributed by atoms with Crippen molar-refractivity contribution in [2.45, 2.75) is 39.7 Å². The zero-order valence-corrected chi connectivity index (χ0v) is 11.1. The highest BCUT2D eigenvalue weighted by molar-refractivity contribution is 5.94. The van der Waals surface area contributed by atoms with Crippen LogP contribution in [0.2, 0.25) is 0 Å². The van der Waals surface area contributed by atoms with Crippen molar-refractivity contribution in [1.82, 2.24) is 4.98 Å². The van der Waals surface area contributed by atoms with Gasteiger partial charge in [0.15, 0.2) is 0 Å². The fourth-order valence-corrected chi connectivity index (χ4v) is 1.64. The summed E-state index contributed by atoms with van der Waals surface area (Å²) in [6.07, 6.45) is 3.52. The van der Waals surface area contributed by atoms with Crippen LogP contribution in [0.5, 0.6) is 0 Å². The Kier molecular flexibility index (Phi) is 4.95. The Morgan fingerprint density at radius 1 is 1.44 bits per heavy atom. The normalized spacial score (nSPS) is 12.4. The number of carboxylic acid groups (broad SMARTS) is 1. The summed E-state index contributed by atoms with van der Waals surface area (Å²) < 4.78 is 0. The van der Waals surface area contributed by atoms with Crippen molar-refractivity contribution in [2.24, 2.45) is 5.92 Å². The topological polar surface area (TPSA) is 88.2 Å². The molecule has 1 unspecified atom stereocenters. The highest BCUT2D eigenvalue weighted by Crippen LogP contribution is 2.17. The molecule has 1 heterocycles. The van der Waals surface area contributed by atoms with E-state index in [0.29, 0.717) is 11.7 Å². The number of nitrogens with one attached hydrogen (secondary N) is 1. The van der Waals surface area contributed by atoms with Gasteiger partial charge in [-0.15, -0.1) is 0 Å². The van der Waals surface area contributed by atoms with Gasteiger partial charge in [-0.2, -0.15) is 0 Å². The van der Waals surface area contributed by atoms with E-state index in [1.807, 2.05) is 0 Å². The van der Waals surface area contributed by atoms with E-state index >= 15 is 0 Å². The third-order valence-electron chi connectivity index (χ3n) is 2.74. The van der Waals surface area contributed by atoms with Gasteiger partial charge < -0.3 is 16.2 Å². The third-order valence-corrected chi connectivity index (χ3v) is 2.74. The van der Waals surface area contributed by atoms with Crippen LogP contribution in [0.3, 0.4) is 0 Å². The van der Waals surface area contributed by atoms with E-state index in [0.717, 1.165) is 12.8 Å². The summed E-state index contributed by atoms with van der Waals surface area (Å²) in [7, 11) is 0. The molecule has 5 heteroatoms. The lowest BCUT2D eigenvalue weighted by Crippen LogP contribution is -2.17. The van der Waals surface area contributed by atoms with Crippen LogP contribution in [-0.2, 0) is 0 Å². The maximum Gasteiger partial charge on any atom is 0.337 e. The van der Waals surface area contributed by atoms with Gasteiger partial charge >= 0.3 is 5.97 Å². The van der Waals surface area contributed by atoms with Crippen molar-refractivity contribution in [3.8, 4) is 0 Å². The minimum Gasteiger partial charge on any atom is -0.478 e. The van der Waals surface area contributed by atoms with Crippen molar-refractivity contribution in [1.29, 1.82) is 0 Å². The van der Waals surface area contributed by atoms with Gasteiger partial charge in [-0.25, -0.2) is 9.78 Å². The molecule has 0 aromatic carbocycles. The minimum absolute atomic E-state index is 0.0866. The molecule has 1 atom stereocenters. The first-order valence-corrected chi connectivity index (χ1v) is 6.15. The van der Waals surface area contributed by atoms with Gasteiger partial charge in [-0.05, 0) is 31.7 Å². The molecule has 0 aliphatic carbocycles. The first-order chi connectivity index (χ1) is 8.40. The number of nitrogen functional groups attached to an aromatic ring is 1. The maximum atomic E-state index is 10.9. The molecule has 0 spiro atoms. The molecule has 0 saturated heterocycles. The second kappa shape index (κ2) is 6.23. The van der Waals surface area contributed by atoms with Crippen LogP contribution >= 0.6 is 0 Å². The van der Waals surface area contributed by atoms with Crippen LogP contribution in [0.4, 0.5) is 11.5 Å². The third kappa shape index (κ3) is 4.24. The van der Waals surface area contributed by atoms with Crippen LogP contribution in [0.15, 0.2) is 12.3 Å². The van der Waals surface area contributed by atoms with E-state index in [4.69, 9.17) is 10.8 Å². The number of anilines is 2. The van der Waals surface area contributed by atoms with E-state index in [9.17, 15) is 4.79 Å². The number of rotatable bonds is 6. The molecule has 1 rings (SSSR count). The fourth-order valence-electron chi connectivity index (χ4n) is 1.64. The predicted molar refractivity (Wildman–Crippen MR) is 72.8 cm³/mol. The number of hydrogen-bond donors (Lipinski definition) is 3. The van der Waals surface area contributed by atoms with Crippen LogP contribution in [-0.4, -0.2) is 22.1 Å². The Labute approximate surface area is 107 Å². The highest BCUT2D eigenvalue weighted by atomic mass is 16.4. The van der Waals surface area contributed by atoms with Crippen molar-refractivity contribution < 1.29 is 9.90 Å². The standard InChI is InChI=1S/C13H21N3O2/c1-8(2)4-5-9(3)16-12-6-10(13(17)18)11(14)7-15-12/h6-9H,4-5,14H2,1-3H3,(H,15,16)(H,17,18). The number of carboxylic acids is 1. The second-order valence-electron chi connectivity index (χ2n) is 4.98. The van der Waals surface area contributed by atoms with Crippen LogP contribution < -0.4 is 11.1 Å². The fraction of sp³-hybridized carbons (Fsp3) is 0.538. The Hall–Kier alpha value is -1.78. The molecule has 100 valence electrons. The molecule has 0 saturated carbocycles. The first kappa shape index (κ1) is 14.3. The molecular formula is C13H21N3O2. The van der Waals surface area contributed by atoms with Gasteiger partial charge in [0.2, 0.25) is 0 Å². The van der Waals surface area contributed by atoms with Crippen LogP contribution in [0.1, 0.15) is 44.0 Å². The van der Waals surface area contributed by atoms with E-state index < -0.39 is 5.97 Å². The Morgan fingerprint density at radius 2 is 2.11 bits per heavy atom. The van der Waals surface area contributed by atoms with E-state index in [-0.39, 0.29) is 17.3 Å². The van der Waals surface area contributed by atoms with Gasteiger partial charge in [-0.1, -0.05) is 13.8 Å². The molecule has 1 aromatic rings. The lowest BCUT2D eigenvalue weighted by molar-refractivity contribution is 0.0698. The molecular weight excluding hydrogens is 230 g/mol. The Bertz CT molecular complexity index is 419. The quantitative estimate of drug-likeness (QED) is 0.723. The molecule has 4 N–H and O–H groups in total. The van der Waals surface area contributed by atoms with Gasteiger partial charge in [0.25, 0.3) is 0 Å². The number of pyridine rings is 1. The summed E-state index contributed by atoms with van der Waals surface area (Å²) in [5.74, 6) is 0.175. The van der Waals surface area contributed by atoms with Crippen molar-refractivity contribution >= 4 is 17.5 Å². The molecule has 0 radical (unpaired) electrons. The van der Waals surface area contributed by atoms with Gasteiger partial charge in [0.1, 0.15) is 5.82 Å². The Morgan fingerprint density at radius 3 is 2.67 bits per heavy atom. The smallest absolute Gasteiger partial charge is 0.337 e. The number of aromatic nitrogens is 1. The molecule has 5 nitrogen and oxygen atoms in total. The van der Waals surface area contributed by atoms with Gasteiger partial charge in [0, 0.05) is 6.04 Å². The number of nitrogens with two attached hydrogens (primary N) is 1. The minimum atomic E-state index is -1.03. The number of aromatic carboxylic acids is 1. The maximum absolute atomic E-state index is 10.9. The summed E-state index contributed by atoms with van der Waals surface area (Å²) in [5.41, 5.74) is 5.82. The first-order valence-electron chi connectivity index (χ1n) is 6.15. The SMILES string of the molecule is CC(C)CCC(C)Nc1cc(C(=O)O)c(N)cn1. The van der Waals surface area contributed by atoms with Gasteiger partial charge in [0.05, 0.1) is 17.4 Å². The molecule has 0 aliphatic rings. The van der Waals surface area contributed by atoms with Crippen molar-refractivity contribution in [3.63, 3.8) is 0 Å². The lowest BCUT2D eigenvalue weighted by Gasteiger charge is -2.16. The summed E-state index contributed by atoms with van der Waals surface area (Å²) in [6.45, 7) is 6.41. The number of hydrogen-bond acceptors (Lipinski definition) is 4. The zero-order valence-electron chi connectivity index (χ0n) is 11.1. The molecule has 0 fully saturated rings. The second-order valence-corrected chi connectivity index (χ2v) is 4.98. The van der Waals surface area contributed by atoms with Crippen molar-refractivity contribution in [3.05, 3.63) is 17.8 Å². The lowest BCUT2D eigenvalue weighted by atomic mass is 10.0. The van der Waals surface area contributed by atoms with Crippen LogP contribution in [0.25, 0.3) is 0 Å². The predicted octanol–water partition coefficient (Wildman–Crippen LogP) is 2.60.